The van der Waals surface area contributed by atoms with Crippen LogP contribution in [0.1, 0.15) is 63.6 Å². The Balaban J connectivity index is 2.09. The molecule has 0 aromatic carbocycles. The van der Waals surface area contributed by atoms with Gasteiger partial charge in [0.05, 0.1) is 0 Å². The lowest BCUT2D eigenvalue weighted by molar-refractivity contribution is 0.479. The summed E-state index contributed by atoms with van der Waals surface area (Å²) < 4.78 is 0. The Bertz CT molecular complexity index is 305. The second-order valence-corrected chi connectivity index (χ2v) is 5.29. The van der Waals surface area contributed by atoms with Gasteiger partial charge in [0.15, 0.2) is 0 Å². The Hall–Kier alpha value is -0.890. The third-order valence-corrected chi connectivity index (χ3v) is 3.37. The van der Waals surface area contributed by atoms with Crippen LogP contribution in [0.5, 0.6) is 0 Å². The van der Waals surface area contributed by atoms with Gasteiger partial charge >= 0.3 is 0 Å². The van der Waals surface area contributed by atoms with E-state index in [2.05, 4.69) is 36.3 Å². The molecule has 0 aliphatic rings. The van der Waals surface area contributed by atoms with Crippen LogP contribution >= 0.6 is 0 Å². The molecule has 0 aliphatic heterocycles. The summed E-state index contributed by atoms with van der Waals surface area (Å²) in [4.78, 5) is 4.31. The van der Waals surface area contributed by atoms with E-state index in [1.165, 1.54) is 44.1 Å². The van der Waals surface area contributed by atoms with Crippen molar-refractivity contribution in [2.75, 3.05) is 0 Å². The average Bonchev–Trinajstić information content (AvgIpc) is 2.38. The molecule has 1 aromatic heterocycles. The maximum Gasteiger partial charge on any atom is 0.0372 e. The molecule has 0 bridgehead atoms. The minimum Gasteiger partial charge on any atom is -0.310 e. The number of aryl methyl sites for hydroxylation is 1. The molecule has 1 N–H and O–H groups in total. The Morgan fingerprint density at radius 2 is 1.94 bits per heavy atom. The second kappa shape index (κ2) is 9.09. The fourth-order valence-electron chi connectivity index (χ4n) is 2.05. The standard InChI is InChI=1S/C16H28N2/c1-4-5-6-7-8-9-14(2)17-12-16-11-10-15(3)18-13-16/h10-11,13-14,17H,4-9,12H2,1-3H3. The monoisotopic (exact) mass is 248 g/mol. The van der Waals surface area contributed by atoms with Crippen LogP contribution in [0.15, 0.2) is 18.3 Å². The quantitative estimate of drug-likeness (QED) is 0.662. The molecule has 1 atom stereocenters. The maximum absolute atomic E-state index is 4.31. The summed E-state index contributed by atoms with van der Waals surface area (Å²) in [5.41, 5.74) is 2.36. The van der Waals surface area contributed by atoms with Crippen molar-refractivity contribution in [1.82, 2.24) is 10.3 Å². The summed E-state index contributed by atoms with van der Waals surface area (Å²) in [6, 6.07) is 4.84. The molecule has 18 heavy (non-hydrogen) atoms. The van der Waals surface area contributed by atoms with Crippen molar-refractivity contribution in [2.45, 2.75) is 71.9 Å². The Morgan fingerprint density at radius 3 is 2.61 bits per heavy atom. The fourth-order valence-corrected chi connectivity index (χ4v) is 2.05. The van der Waals surface area contributed by atoms with Gasteiger partial charge in [-0.2, -0.15) is 0 Å². The molecule has 0 amide bonds. The van der Waals surface area contributed by atoms with Crippen LogP contribution in [-0.4, -0.2) is 11.0 Å². The number of aromatic nitrogens is 1. The summed E-state index contributed by atoms with van der Waals surface area (Å²) in [5, 5.41) is 3.57. The minimum absolute atomic E-state index is 0.605. The molecule has 0 saturated carbocycles. The highest BCUT2D eigenvalue weighted by molar-refractivity contribution is 5.12. The molecule has 1 heterocycles. The van der Waals surface area contributed by atoms with Gasteiger partial charge in [-0.1, -0.05) is 45.1 Å². The predicted molar refractivity (Wildman–Crippen MR) is 78.7 cm³/mol. The number of hydrogen-bond acceptors (Lipinski definition) is 2. The molecule has 102 valence electrons. The molecule has 0 aliphatic carbocycles. The number of pyridine rings is 1. The van der Waals surface area contributed by atoms with Crippen LogP contribution < -0.4 is 5.32 Å². The van der Waals surface area contributed by atoms with E-state index in [0.29, 0.717) is 6.04 Å². The van der Waals surface area contributed by atoms with Gasteiger partial charge in [-0.3, -0.25) is 4.98 Å². The van der Waals surface area contributed by atoms with E-state index in [1.54, 1.807) is 0 Å². The minimum atomic E-state index is 0.605. The first-order chi connectivity index (χ1) is 8.72. The lowest BCUT2D eigenvalue weighted by Crippen LogP contribution is -2.25. The van der Waals surface area contributed by atoms with Crippen molar-refractivity contribution in [1.29, 1.82) is 0 Å². The number of hydrogen-bond donors (Lipinski definition) is 1. The summed E-state index contributed by atoms with van der Waals surface area (Å²) in [7, 11) is 0. The van der Waals surface area contributed by atoms with E-state index < -0.39 is 0 Å². The zero-order valence-corrected chi connectivity index (χ0v) is 12.2. The molecular weight excluding hydrogens is 220 g/mol. The predicted octanol–water partition coefficient (Wildman–Crippen LogP) is 4.23. The molecule has 2 heteroatoms. The normalized spacial score (nSPS) is 12.6. The largest absolute Gasteiger partial charge is 0.310 e. The molecule has 0 spiro atoms. The van der Waals surface area contributed by atoms with Gasteiger partial charge in [0, 0.05) is 24.5 Å². The molecule has 1 rings (SSSR count). The number of rotatable bonds is 9. The van der Waals surface area contributed by atoms with E-state index in [1.807, 2.05) is 13.1 Å². The van der Waals surface area contributed by atoms with Crippen LogP contribution in [0.3, 0.4) is 0 Å². The topological polar surface area (TPSA) is 24.9 Å². The van der Waals surface area contributed by atoms with Gasteiger partial charge in [-0.15, -0.1) is 0 Å². The number of nitrogens with zero attached hydrogens (tertiary/aromatic N) is 1. The summed E-state index contributed by atoms with van der Waals surface area (Å²) in [6.45, 7) is 7.50. The fraction of sp³-hybridized carbons (Fsp3) is 0.688. The SMILES string of the molecule is CCCCCCCC(C)NCc1ccc(C)nc1. The smallest absolute Gasteiger partial charge is 0.0372 e. The van der Waals surface area contributed by atoms with Crippen LogP contribution in [0.25, 0.3) is 0 Å². The van der Waals surface area contributed by atoms with E-state index in [0.717, 1.165) is 12.2 Å². The van der Waals surface area contributed by atoms with Crippen LogP contribution in [0, 0.1) is 6.92 Å². The lowest BCUT2D eigenvalue weighted by atomic mass is 10.1. The molecule has 0 saturated heterocycles. The van der Waals surface area contributed by atoms with Gasteiger partial charge in [0.1, 0.15) is 0 Å². The van der Waals surface area contributed by atoms with Gasteiger partial charge in [0.25, 0.3) is 0 Å². The highest BCUT2D eigenvalue weighted by Crippen LogP contribution is 2.07. The van der Waals surface area contributed by atoms with E-state index in [-0.39, 0.29) is 0 Å². The summed E-state index contributed by atoms with van der Waals surface area (Å²) in [5.74, 6) is 0. The first-order valence-electron chi connectivity index (χ1n) is 7.37. The molecule has 2 nitrogen and oxygen atoms in total. The van der Waals surface area contributed by atoms with Crippen molar-refractivity contribution in [2.24, 2.45) is 0 Å². The first-order valence-corrected chi connectivity index (χ1v) is 7.37. The van der Waals surface area contributed by atoms with Crippen LogP contribution in [0.4, 0.5) is 0 Å². The van der Waals surface area contributed by atoms with Crippen molar-refractivity contribution in [3.05, 3.63) is 29.6 Å². The van der Waals surface area contributed by atoms with E-state index in [9.17, 15) is 0 Å². The molecule has 0 fully saturated rings. The van der Waals surface area contributed by atoms with Gasteiger partial charge in [-0.25, -0.2) is 0 Å². The third-order valence-electron chi connectivity index (χ3n) is 3.37. The van der Waals surface area contributed by atoms with Gasteiger partial charge in [0.2, 0.25) is 0 Å². The van der Waals surface area contributed by atoms with Crippen LogP contribution in [0.2, 0.25) is 0 Å². The highest BCUT2D eigenvalue weighted by Gasteiger charge is 2.01. The highest BCUT2D eigenvalue weighted by atomic mass is 14.9. The molecule has 1 aromatic rings. The molecular formula is C16H28N2. The Morgan fingerprint density at radius 1 is 1.17 bits per heavy atom. The summed E-state index contributed by atoms with van der Waals surface area (Å²) in [6.07, 6.45) is 10.1. The van der Waals surface area contributed by atoms with E-state index >= 15 is 0 Å². The second-order valence-electron chi connectivity index (χ2n) is 5.29. The Kier molecular flexibility index (Phi) is 7.66. The summed E-state index contributed by atoms with van der Waals surface area (Å²) >= 11 is 0. The zero-order chi connectivity index (χ0) is 13.2. The van der Waals surface area contributed by atoms with Crippen molar-refractivity contribution >= 4 is 0 Å². The van der Waals surface area contributed by atoms with Crippen molar-refractivity contribution < 1.29 is 0 Å². The first kappa shape index (κ1) is 15.2. The maximum atomic E-state index is 4.31. The lowest BCUT2D eigenvalue weighted by Gasteiger charge is -2.13. The van der Waals surface area contributed by atoms with E-state index in [4.69, 9.17) is 0 Å². The third kappa shape index (κ3) is 6.75. The van der Waals surface area contributed by atoms with Crippen LogP contribution in [-0.2, 0) is 6.54 Å². The average molecular weight is 248 g/mol. The number of unbranched alkanes of at least 4 members (excludes halogenated alkanes) is 4. The number of nitrogens with one attached hydrogen (secondary N) is 1. The zero-order valence-electron chi connectivity index (χ0n) is 12.2. The molecule has 0 radical (unpaired) electrons. The Labute approximate surface area is 112 Å². The molecule has 1 unspecified atom stereocenters. The van der Waals surface area contributed by atoms with Gasteiger partial charge in [-0.05, 0) is 31.9 Å². The van der Waals surface area contributed by atoms with Gasteiger partial charge < -0.3 is 5.32 Å². The van der Waals surface area contributed by atoms with Crippen molar-refractivity contribution in [3.63, 3.8) is 0 Å². The van der Waals surface area contributed by atoms with Crippen molar-refractivity contribution in [3.8, 4) is 0 Å².